The maximum absolute atomic E-state index is 13.3. The predicted octanol–water partition coefficient (Wildman–Crippen LogP) is 2.19. The van der Waals surface area contributed by atoms with E-state index >= 15 is 0 Å². The van der Waals surface area contributed by atoms with Crippen LogP contribution >= 0.6 is 11.8 Å². The molecule has 0 saturated carbocycles. The summed E-state index contributed by atoms with van der Waals surface area (Å²) in [7, 11) is 0. The van der Waals surface area contributed by atoms with Crippen LogP contribution in [0.1, 0.15) is 63.6 Å². The zero-order valence-electron chi connectivity index (χ0n) is 19.8. The number of anilines is 2. The van der Waals surface area contributed by atoms with Crippen molar-refractivity contribution in [1.82, 2.24) is 19.5 Å². The number of H-pyrrole nitrogens is 2. The molecule has 2 rings (SSSR count). The zero-order chi connectivity index (χ0) is 24.5. The highest BCUT2D eigenvalue weighted by Gasteiger charge is 2.24. The van der Waals surface area contributed by atoms with Gasteiger partial charge in [-0.3, -0.25) is 23.9 Å². The molecule has 4 N–H and O–H groups in total. The molecule has 0 radical (unpaired) electrons. The third-order valence-corrected chi connectivity index (χ3v) is 6.07. The molecule has 2 aromatic rings. The topological polar surface area (TPSA) is 147 Å². The molecule has 11 heteroatoms. The standard InChI is InChI=1S/C22H34N6O4S/c1-5-7-9-13-27(17-18(23)28(12-8-6-2)22(32)26-20(17)31)16(29)11-10-15-14(3)24-21(33-4)25-19(15)30/h5-13,23H2,1-4H3,(H,24,25,30)(H,26,31,32). The summed E-state index contributed by atoms with van der Waals surface area (Å²) in [6, 6.07) is 0. The highest BCUT2D eigenvalue weighted by molar-refractivity contribution is 7.98. The number of amides is 1. The molecule has 0 fully saturated rings. The minimum Gasteiger partial charge on any atom is -0.383 e. The predicted molar refractivity (Wildman–Crippen MR) is 132 cm³/mol. The first-order valence-corrected chi connectivity index (χ1v) is 12.5. The lowest BCUT2D eigenvalue weighted by Crippen LogP contribution is -2.42. The Hall–Kier alpha value is -2.82. The monoisotopic (exact) mass is 478 g/mol. The third-order valence-electron chi connectivity index (χ3n) is 5.49. The summed E-state index contributed by atoms with van der Waals surface area (Å²) in [6.07, 6.45) is 6.04. The first-order valence-electron chi connectivity index (χ1n) is 11.3. The molecule has 0 bridgehead atoms. The minimum absolute atomic E-state index is 0.00328. The molecule has 0 aromatic carbocycles. The molecule has 2 heterocycles. The fourth-order valence-corrected chi connectivity index (χ4v) is 4.02. The number of aromatic nitrogens is 4. The lowest BCUT2D eigenvalue weighted by atomic mass is 10.1. The van der Waals surface area contributed by atoms with Gasteiger partial charge in [0, 0.05) is 30.8 Å². The van der Waals surface area contributed by atoms with Gasteiger partial charge in [0.25, 0.3) is 11.1 Å². The van der Waals surface area contributed by atoms with E-state index in [9.17, 15) is 19.2 Å². The molecular weight excluding hydrogens is 444 g/mol. The average Bonchev–Trinajstić information content (AvgIpc) is 2.76. The lowest BCUT2D eigenvalue weighted by molar-refractivity contribution is -0.118. The van der Waals surface area contributed by atoms with Gasteiger partial charge in [0.2, 0.25) is 5.91 Å². The number of nitrogens with one attached hydrogen (secondary N) is 2. The van der Waals surface area contributed by atoms with Crippen molar-refractivity contribution in [1.29, 1.82) is 0 Å². The summed E-state index contributed by atoms with van der Waals surface area (Å²) in [6.45, 7) is 6.41. The summed E-state index contributed by atoms with van der Waals surface area (Å²) in [5, 5.41) is 0.516. The maximum Gasteiger partial charge on any atom is 0.330 e. The summed E-state index contributed by atoms with van der Waals surface area (Å²) in [5.74, 6) is -0.348. The van der Waals surface area contributed by atoms with E-state index in [0.717, 1.165) is 19.3 Å². The Bertz CT molecular complexity index is 1140. The van der Waals surface area contributed by atoms with Crippen LogP contribution in [0.3, 0.4) is 0 Å². The molecule has 0 unspecified atom stereocenters. The number of carbonyl (C=O) groups excluding carboxylic acids is 1. The molecule has 33 heavy (non-hydrogen) atoms. The number of rotatable bonds is 12. The number of carbonyl (C=O) groups is 1. The molecule has 0 atom stereocenters. The van der Waals surface area contributed by atoms with Crippen molar-refractivity contribution < 1.29 is 4.79 Å². The molecule has 0 aliphatic rings. The number of hydrogen-bond donors (Lipinski definition) is 3. The number of unbranched alkanes of at least 4 members (excludes halogenated alkanes) is 3. The second kappa shape index (κ2) is 12.4. The fourth-order valence-electron chi connectivity index (χ4n) is 3.60. The van der Waals surface area contributed by atoms with Gasteiger partial charge in [0.1, 0.15) is 5.82 Å². The van der Waals surface area contributed by atoms with E-state index in [-0.39, 0.29) is 35.8 Å². The number of nitrogens with two attached hydrogens (primary N) is 1. The zero-order valence-corrected chi connectivity index (χ0v) is 20.6. The third kappa shape index (κ3) is 6.59. The van der Waals surface area contributed by atoms with Gasteiger partial charge >= 0.3 is 5.69 Å². The second-order valence-corrected chi connectivity index (χ2v) is 8.68. The number of nitrogens with zero attached hydrogens (tertiary/aromatic N) is 3. The number of hydrogen-bond acceptors (Lipinski definition) is 7. The van der Waals surface area contributed by atoms with E-state index in [0.29, 0.717) is 42.3 Å². The SMILES string of the molecule is CCCCCN(C(=O)CCc1c(C)nc(SC)[nH]c1=O)c1c(N)n(CCCC)c(=O)[nH]c1=O. The Morgan fingerprint density at radius 3 is 2.39 bits per heavy atom. The molecule has 0 aliphatic carbocycles. The number of aryl methyl sites for hydroxylation is 1. The van der Waals surface area contributed by atoms with Gasteiger partial charge in [0.05, 0.1) is 0 Å². The van der Waals surface area contributed by atoms with E-state index in [2.05, 4.69) is 15.0 Å². The van der Waals surface area contributed by atoms with Crippen molar-refractivity contribution in [2.24, 2.45) is 0 Å². The molecule has 2 aromatic heterocycles. The fraction of sp³-hybridized carbons (Fsp3) is 0.591. The van der Waals surface area contributed by atoms with Crippen molar-refractivity contribution in [3.8, 4) is 0 Å². The van der Waals surface area contributed by atoms with Gasteiger partial charge < -0.3 is 15.6 Å². The smallest absolute Gasteiger partial charge is 0.330 e. The van der Waals surface area contributed by atoms with Gasteiger partial charge in [0.15, 0.2) is 10.8 Å². The summed E-state index contributed by atoms with van der Waals surface area (Å²) < 4.78 is 1.31. The number of thioether (sulfide) groups is 1. The van der Waals surface area contributed by atoms with Crippen LogP contribution in [-0.4, -0.2) is 38.2 Å². The highest BCUT2D eigenvalue weighted by Crippen LogP contribution is 2.20. The van der Waals surface area contributed by atoms with Gasteiger partial charge in [-0.25, -0.2) is 9.78 Å². The second-order valence-electron chi connectivity index (χ2n) is 7.89. The number of nitrogen functional groups attached to an aromatic ring is 1. The highest BCUT2D eigenvalue weighted by atomic mass is 32.2. The van der Waals surface area contributed by atoms with Gasteiger partial charge in [-0.1, -0.05) is 44.9 Å². The van der Waals surface area contributed by atoms with E-state index < -0.39 is 11.2 Å². The summed E-state index contributed by atoms with van der Waals surface area (Å²) in [4.78, 5) is 61.4. The van der Waals surface area contributed by atoms with Gasteiger partial charge in [-0.15, -0.1) is 0 Å². The van der Waals surface area contributed by atoms with Crippen LogP contribution in [0, 0.1) is 6.92 Å². The normalized spacial score (nSPS) is 11.0. The molecule has 10 nitrogen and oxygen atoms in total. The Morgan fingerprint density at radius 2 is 1.79 bits per heavy atom. The average molecular weight is 479 g/mol. The molecular formula is C22H34N6O4S. The summed E-state index contributed by atoms with van der Waals surface area (Å²) >= 11 is 1.33. The first-order chi connectivity index (χ1) is 15.7. The van der Waals surface area contributed by atoms with Crippen molar-refractivity contribution in [2.75, 3.05) is 23.4 Å². The molecule has 1 amide bonds. The van der Waals surface area contributed by atoms with E-state index in [4.69, 9.17) is 5.73 Å². The van der Waals surface area contributed by atoms with Crippen LogP contribution in [0.4, 0.5) is 11.5 Å². The largest absolute Gasteiger partial charge is 0.383 e. The minimum atomic E-state index is -0.685. The van der Waals surface area contributed by atoms with E-state index in [1.54, 1.807) is 6.92 Å². The van der Waals surface area contributed by atoms with Crippen LogP contribution in [-0.2, 0) is 17.8 Å². The first kappa shape index (κ1) is 26.4. The van der Waals surface area contributed by atoms with Crippen LogP contribution in [0.2, 0.25) is 0 Å². The Morgan fingerprint density at radius 1 is 1.09 bits per heavy atom. The molecule has 0 aliphatic heterocycles. The van der Waals surface area contributed by atoms with Crippen LogP contribution in [0.5, 0.6) is 0 Å². The summed E-state index contributed by atoms with van der Waals surface area (Å²) in [5.41, 5.74) is 5.69. The van der Waals surface area contributed by atoms with Gasteiger partial charge in [-0.05, 0) is 32.4 Å². The Kier molecular flexibility index (Phi) is 9.95. The van der Waals surface area contributed by atoms with Crippen molar-refractivity contribution in [2.45, 2.75) is 77.4 Å². The maximum atomic E-state index is 13.3. The van der Waals surface area contributed by atoms with E-state index in [1.807, 2.05) is 20.1 Å². The van der Waals surface area contributed by atoms with E-state index in [1.165, 1.54) is 21.2 Å². The quantitative estimate of drug-likeness (QED) is 0.241. The van der Waals surface area contributed by atoms with Crippen molar-refractivity contribution in [3.63, 3.8) is 0 Å². The number of aromatic amines is 2. The Labute approximate surface area is 197 Å². The van der Waals surface area contributed by atoms with Gasteiger partial charge in [-0.2, -0.15) is 0 Å². The van der Waals surface area contributed by atoms with Crippen molar-refractivity contribution >= 4 is 29.2 Å². The van der Waals surface area contributed by atoms with Crippen molar-refractivity contribution in [3.05, 3.63) is 42.4 Å². The molecule has 182 valence electrons. The lowest BCUT2D eigenvalue weighted by Gasteiger charge is -2.24. The molecule has 0 spiro atoms. The molecule has 0 saturated heterocycles. The van der Waals surface area contributed by atoms with Crippen LogP contribution in [0.15, 0.2) is 19.5 Å². The van der Waals surface area contributed by atoms with Crippen LogP contribution in [0.25, 0.3) is 0 Å². The van der Waals surface area contributed by atoms with Crippen LogP contribution < -0.4 is 27.4 Å². The Balaban J connectivity index is 2.39.